The first-order valence-corrected chi connectivity index (χ1v) is 10.4. The Morgan fingerprint density at radius 2 is 1.81 bits per heavy atom. The van der Waals surface area contributed by atoms with Crippen molar-refractivity contribution in [1.82, 2.24) is 10.3 Å². The molecule has 1 amide bonds. The van der Waals surface area contributed by atoms with Crippen LogP contribution >= 0.6 is 0 Å². The van der Waals surface area contributed by atoms with E-state index in [0.717, 1.165) is 11.1 Å². The molecule has 0 aliphatic carbocycles. The number of halogens is 1. The van der Waals surface area contributed by atoms with Crippen LogP contribution < -0.4 is 5.32 Å². The summed E-state index contributed by atoms with van der Waals surface area (Å²) in [5.74, 6) is -0.619. The molecule has 6 nitrogen and oxygen atoms in total. The van der Waals surface area contributed by atoms with Crippen molar-refractivity contribution in [3.8, 4) is 11.1 Å². The first-order chi connectivity index (χ1) is 12.6. The fraction of sp³-hybridized carbons (Fsp3) is 0.368. The maximum absolute atomic E-state index is 13.3. The number of aromatic nitrogens is 1. The molecule has 146 valence electrons. The third-order valence-corrected chi connectivity index (χ3v) is 5.16. The molecule has 0 aliphatic heterocycles. The number of carbonyl (C=O) groups is 1. The Bertz CT molecular complexity index is 881. The molecular weight excluding hydrogens is 369 g/mol. The lowest BCUT2D eigenvalue weighted by molar-refractivity contribution is -0.125. The van der Waals surface area contributed by atoms with Crippen molar-refractivity contribution in [3.63, 3.8) is 0 Å². The summed E-state index contributed by atoms with van der Waals surface area (Å²) in [4.78, 5) is 15.8. The molecule has 0 saturated carbocycles. The highest BCUT2D eigenvalue weighted by Gasteiger charge is 2.23. The number of amides is 1. The Labute approximate surface area is 158 Å². The van der Waals surface area contributed by atoms with Gasteiger partial charge in [-0.3, -0.25) is 4.79 Å². The van der Waals surface area contributed by atoms with Gasteiger partial charge in [-0.05, 0) is 17.2 Å². The van der Waals surface area contributed by atoms with Crippen LogP contribution in [0.5, 0.6) is 0 Å². The van der Waals surface area contributed by atoms with Gasteiger partial charge in [0.05, 0.1) is 15.8 Å². The third-order valence-electron chi connectivity index (χ3n) is 4.12. The molecule has 3 atom stereocenters. The van der Waals surface area contributed by atoms with Gasteiger partial charge >= 0.3 is 0 Å². The highest BCUT2D eigenvalue weighted by molar-refractivity contribution is 7.91. The van der Waals surface area contributed by atoms with E-state index in [-0.39, 0.29) is 16.9 Å². The van der Waals surface area contributed by atoms with E-state index in [4.69, 9.17) is 4.78 Å². The number of hydrogen-bond acceptors (Lipinski definition) is 5. The second kappa shape index (κ2) is 8.58. The topological polar surface area (TPSA) is 103 Å². The minimum absolute atomic E-state index is 0.213. The maximum Gasteiger partial charge on any atom is 0.222 e. The Hall–Kier alpha value is -2.32. The molecule has 1 heterocycles. The van der Waals surface area contributed by atoms with Gasteiger partial charge in [0.25, 0.3) is 0 Å². The third kappa shape index (κ3) is 5.33. The van der Waals surface area contributed by atoms with E-state index in [1.807, 2.05) is 0 Å². The zero-order valence-corrected chi connectivity index (χ0v) is 16.3. The van der Waals surface area contributed by atoms with E-state index in [2.05, 4.69) is 10.3 Å². The average molecular weight is 393 g/mol. The maximum atomic E-state index is 13.3. The molecule has 2 rings (SSSR count). The number of carbonyl (C=O) groups excluding carboxylic acids is 1. The molecular formula is C19H24FN3O3S. The SMILES string of the molecule is CC(C)C(=O)NC(CF)C(O)c1ccc(-c2ccc(S(C)(=N)=O)nc2)cc1. The van der Waals surface area contributed by atoms with E-state index in [1.54, 1.807) is 50.2 Å². The summed E-state index contributed by atoms with van der Waals surface area (Å²) in [5.41, 5.74) is 2.05. The number of nitrogens with one attached hydrogen (secondary N) is 2. The zero-order valence-electron chi connectivity index (χ0n) is 15.5. The van der Waals surface area contributed by atoms with E-state index < -0.39 is 28.5 Å². The van der Waals surface area contributed by atoms with Crippen LogP contribution in [-0.2, 0) is 14.5 Å². The van der Waals surface area contributed by atoms with Crippen molar-refractivity contribution in [2.24, 2.45) is 5.92 Å². The number of hydrogen-bond donors (Lipinski definition) is 3. The lowest BCUT2D eigenvalue weighted by Crippen LogP contribution is -2.42. The molecule has 0 saturated heterocycles. The number of nitrogens with zero attached hydrogens (tertiary/aromatic N) is 1. The summed E-state index contributed by atoms with van der Waals surface area (Å²) in [5, 5.41) is 13.1. The Morgan fingerprint density at radius 1 is 1.22 bits per heavy atom. The van der Waals surface area contributed by atoms with Crippen LogP contribution in [0.1, 0.15) is 25.5 Å². The number of aliphatic hydroxyl groups is 1. The van der Waals surface area contributed by atoms with Gasteiger partial charge < -0.3 is 10.4 Å². The highest BCUT2D eigenvalue weighted by Crippen LogP contribution is 2.24. The molecule has 1 aromatic carbocycles. The number of aliphatic hydroxyl groups excluding tert-OH is 1. The lowest BCUT2D eigenvalue weighted by Gasteiger charge is -2.23. The van der Waals surface area contributed by atoms with Gasteiger partial charge in [0.1, 0.15) is 17.8 Å². The summed E-state index contributed by atoms with van der Waals surface area (Å²) in [6.45, 7) is 2.52. The number of alkyl halides is 1. The molecule has 27 heavy (non-hydrogen) atoms. The van der Waals surface area contributed by atoms with Gasteiger partial charge in [-0.25, -0.2) is 18.4 Å². The summed E-state index contributed by atoms with van der Waals surface area (Å²) >= 11 is 0. The van der Waals surface area contributed by atoms with Crippen molar-refractivity contribution in [1.29, 1.82) is 4.78 Å². The first-order valence-electron chi connectivity index (χ1n) is 8.48. The number of pyridine rings is 1. The normalized spacial score (nSPS) is 15.8. The van der Waals surface area contributed by atoms with Gasteiger partial charge in [0.15, 0.2) is 0 Å². The molecule has 1 aromatic heterocycles. The van der Waals surface area contributed by atoms with Crippen LogP contribution in [0.4, 0.5) is 4.39 Å². The Morgan fingerprint density at radius 3 is 2.26 bits per heavy atom. The zero-order chi connectivity index (χ0) is 20.2. The summed E-state index contributed by atoms with van der Waals surface area (Å²) in [6.07, 6.45) is 1.68. The van der Waals surface area contributed by atoms with Crippen molar-refractivity contribution < 1.29 is 18.5 Å². The monoisotopic (exact) mass is 393 g/mol. The molecule has 3 N–H and O–H groups in total. The van der Waals surface area contributed by atoms with Crippen LogP contribution in [0.15, 0.2) is 47.6 Å². The average Bonchev–Trinajstić information content (AvgIpc) is 2.64. The van der Waals surface area contributed by atoms with E-state index >= 15 is 0 Å². The standard InChI is InChI=1S/C19H24FN3O3S/c1-12(2)19(25)23-16(10-20)18(24)14-6-4-13(5-7-14)15-8-9-17(22-11-15)27(3,21)26/h4-9,11-12,16,18,21,24H,10H2,1-3H3,(H,23,25). The van der Waals surface area contributed by atoms with Crippen LogP contribution in [0.25, 0.3) is 11.1 Å². The minimum Gasteiger partial charge on any atom is -0.386 e. The van der Waals surface area contributed by atoms with Gasteiger partial charge in [-0.15, -0.1) is 0 Å². The fourth-order valence-corrected chi connectivity index (χ4v) is 3.02. The van der Waals surface area contributed by atoms with Gasteiger partial charge in [0, 0.05) is 23.9 Å². The second-order valence-corrected chi connectivity index (χ2v) is 8.83. The van der Waals surface area contributed by atoms with Crippen molar-refractivity contribution in [2.45, 2.75) is 31.0 Å². The molecule has 0 radical (unpaired) electrons. The van der Waals surface area contributed by atoms with Crippen molar-refractivity contribution in [3.05, 3.63) is 48.2 Å². The van der Waals surface area contributed by atoms with Crippen molar-refractivity contribution >= 4 is 15.6 Å². The van der Waals surface area contributed by atoms with Crippen molar-refractivity contribution in [2.75, 3.05) is 12.9 Å². The van der Waals surface area contributed by atoms with Crippen LogP contribution in [0.2, 0.25) is 0 Å². The predicted molar refractivity (Wildman–Crippen MR) is 102 cm³/mol. The van der Waals surface area contributed by atoms with E-state index in [1.165, 1.54) is 12.5 Å². The molecule has 0 fully saturated rings. The molecule has 0 aliphatic rings. The molecule has 3 unspecified atom stereocenters. The molecule has 2 aromatic rings. The van der Waals surface area contributed by atoms with Gasteiger partial charge in [0.2, 0.25) is 5.91 Å². The van der Waals surface area contributed by atoms with Crippen LogP contribution in [-0.4, -0.2) is 39.2 Å². The first kappa shape index (κ1) is 21.0. The largest absolute Gasteiger partial charge is 0.386 e. The summed E-state index contributed by atoms with van der Waals surface area (Å²) in [7, 11) is -2.86. The Kier molecular flexibility index (Phi) is 6.67. The van der Waals surface area contributed by atoms with E-state index in [9.17, 15) is 18.5 Å². The smallest absolute Gasteiger partial charge is 0.222 e. The second-order valence-electron chi connectivity index (χ2n) is 6.72. The molecule has 8 heteroatoms. The number of benzene rings is 1. The fourth-order valence-electron chi connectivity index (χ4n) is 2.44. The minimum atomic E-state index is -2.86. The highest BCUT2D eigenvalue weighted by atomic mass is 32.2. The van der Waals surface area contributed by atoms with Gasteiger partial charge in [-0.1, -0.05) is 44.2 Å². The van der Waals surface area contributed by atoms with Crippen LogP contribution in [0, 0.1) is 10.7 Å². The summed E-state index contributed by atoms with van der Waals surface area (Å²) in [6, 6.07) is 9.07. The van der Waals surface area contributed by atoms with E-state index in [0.29, 0.717) is 5.56 Å². The lowest BCUT2D eigenvalue weighted by atomic mass is 9.99. The predicted octanol–water partition coefficient (Wildman–Crippen LogP) is 2.93. The molecule has 0 bridgehead atoms. The quantitative estimate of drug-likeness (QED) is 0.673. The summed E-state index contributed by atoms with van der Waals surface area (Å²) < 4.78 is 32.5. The van der Waals surface area contributed by atoms with Gasteiger partial charge in [-0.2, -0.15) is 0 Å². The van der Waals surface area contributed by atoms with Crippen LogP contribution in [0.3, 0.4) is 0 Å². The number of rotatable bonds is 7. The molecule has 0 spiro atoms. The Balaban J connectivity index is 2.17.